The number of carbonyl (C=O) groups excluding carboxylic acids is 2. The van der Waals surface area contributed by atoms with Crippen LogP contribution >= 0.6 is 11.3 Å². The predicted octanol–water partition coefficient (Wildman–Crippen LogP) is 6.36. The van der Waals surface area contributed by atoms with Crippen LogP contribution in [0.5, 0.6) is 5.75 Å². The Hall–Kier alpha value is -3.97. The van der Waals surface area contributed by atoms with Gasteiger partial charge in [-0.3, -0.25) is 14.5 Å². The Morgan fingerprint density at radius 2 is 1.81 bits per heavy atom. The van der Waals surface area contributed by atoms with Gasteiger partial charge in [-0.2, -0.15) is 0 Å². The van der Waals surface area contributed by atoms with Gasteiger partial charge >= 0.3 is 5.91 Å². The highest BCUT2D eigenvalue weighted by molar-refractivity contribution is 7.22. The van der Waals surface area contributed by atoms with Crippen LogP contribution in [0.15, 0.2) is 72.3 Å². The zero-order valence-corrected chi connectivity index (χ0v) is 21.3. The van der Waals surface area contributed by atoms with Crippen LogP contribution in [0.3, 0.4) is 0 Å². The van der Waals surface area contributed by atoms with E-state index in [2.05, 4.69) is 18.8 Å². The summed E-state index contributed by atoms with van der Waals surface area (Å²) in [6.07, 6.45) is 0. The first-order valence-electron chi connectivity index (χ1n) is 11.7. The van der Waals surface area contributed by atoms with Crippen molar-refractivity contribution >= 4 is 44.1 Å². The number of amides is 1. The summed E-state index contributed by atoms with van der Waals surface area (Å²) in [4.78, 5) is 33.0. The monoisotopic (exact) mass is 498 g/mol. The number of rotatable bonds is 5. The maximum Gasteiger partial charge on any atom is 0.301 e. The SMILES string of the molecule is COc1cccc(C(O)=C2C(=O)C(=O)N(c3nc4ccc(C)cc4s3)[C@@H]2c2ccc(C(C)C)cc2)c1. The lowest BCUT2D eigenvalue weighted by Crippen LogP contribution is -2.29. The van der Waals surface area contributed by atoms with Gasteiger partial charge < -0.3 is 9.84 Å². The zero-order valence-electron chi connectivity index (χ0n) is 20.5. The van der Waals surface area contributed by atoms with Crippen LogP contribution in [0.25, 0.3) is 16.0 Å². The second-order valence-corrected chi connectivity index (χ2v) is 10.2. The largest absolute Gasteiger partial charge is 0.507 e. The number of hydrogen-bond donors (Lipinski definition) is 1. The van der Waals surface area contributed by atoms with Crippen molar-refractivity contribution < 1.29 is 19.4 Å². The van der Waals surface area contributed by atoms with Crippen molar-refractivity contribution in [1.82, 2.24) is 4.98 Å². The molecule has 5 rings (SSSR count). The molecule has 1 aromatic heterocycles. The van der Waals surface area contributed by atoms with E-state index in [4.69, 9.17) is 4.74 Å². The molecule has 2 heterocycles. The molecule has 1 atom stereocenters. The van der Waals surface area contributed by atoms with E-state index in [0.717, 1.165) is 26.9 Å². The Morgan fingerprint density at radius 3 is 2.50 bits per heavy atom. The number of anilines is 1. The van der Waals surface area contributed by atoms with Gasteiger partial charge in [0.05, 0.1) is 28.9 Å². The van der Waals surface area contributed by atoms with Gasteiger partial charge in [0.25, 0.3) is 5.78 Å². The minimum atomic E-state index is -0.820. The van der Waals surface area contributed by atoms with Crippen molar-refractivity contribution in [3.63, 3.8) is 0 Å². The average Bonchev–Trinajstić information content (AvgIpc) is 3.41. The van der Waals surface area contributed by atoms with Crippen molar-refractivity contribution in [2.75, 3.05) is 12.0 Å². The fraction of sp³-hybridized carbons (Fsp3) is 0.207. The number of aryl methyl sites for hydroxylation is 1. The lowest BCUT2D eigenvalue weighted by Gasteiger charge is -2.23. The molecule has 1 amide bonds. The number of aromatic nitrogens is 1. The van der Waals surface area contributed by atoms with E-state index in [9.17, 15) is 14.7 Å². The van der Waals surface area contributed by atoms with Gasteiger partial charge in [-0.05, 0) is 53.8 Å². The molecule has 182 valence electrons. The van der Waals surface area contributed by atoms with E-state index in [0.29, 0.717) is 22.4 Å². The summed E-state index contributed by atoms with van der Waals surface area (Å²) in [5.41, 5.74) is 4.12. The maximum atomic E-state index is 13.5. The van der Waals surface area contributed by atoms with Crippen LogP contribution in [-0.4, -0.2) is 28.9 Å². The van der Waals surface area contributed by atoms with Crippen molar-refractivity contribution in [1.29, 1.82) is 0 Å². The molecular formula is C29H26N2O4S. The average molecular weight is 499 g/mol. The fourth-order valence-corrected chi connectivity index (χ4v) is 5.55. The predicted molar refractivity (Wildman–Crippen MR) is 143 cm³/mol. The first kappa shape index (κ1) is 23.8. The number of benzene rings is 3. The molecule has 0 aliphatic carbocycles. The number of nitrogens with zero attached hydrogens (tertiary/aromatic N) is 2. The van der Waals surface area contributed by atoms with Gasteiger partial charge in [0.2, 0.25) is 0 Å². The molecule has 4 aromatic rings. The smallest absolute Gasteiger partial charge is 0.301 e. The first-order valence-corrected chi connectivity index (χ1v) is 12.5. The molecule has 0 saturated carbocycles. The van der Waals surface area contributed by atoms with E-state index in [-0.39, 0.29) is 11.3 Å². The Labute approximate surface area is 213 Å². The Kier molecular flexibility index (Phi) is 6.10. The van der Waals surface area contributed by atoms with Gasteiger partial charge in [0.1, 0.15) is 11.5 Å². The number of thiazole rings is 1. The molecule has 1 N–H and O–H groups in total. The fourth-order valence-electron chi connectivity index (χ4n) is 4.46. The van der Waals surface area contributed by atoms with E-state index in [1.165, 1.54) is 23.3 Å². The minimum absolute atomic E-state index is 0.0287. The Bertz CT molecular complexity index is 1520. The van der Waals surface area contributed by atoms with Crippen LogP contribution in [0, 0.1) is 6.92 Å². The highest BCUT2D eigenvalue weighted by Crippen LogP contribution is 2.44. The van der Waals surface area contributed by atoms with E-state index in [1.54, 1.807) is 24.3 Å². The molecule has 1 aliphatic heterocycles. The van der Waals surface area contributed by atoms with Gasteiger partial charge in [-0.25, -0.2) is 4.98 Å². The summed E-state index contributed by atoms with van der Waals surface area (Å²) in [6.45, 7) is 6.20. The van der Waals surface area contributed by atoms with Crippen LogP contribution < -0.4 is 9.64 Å². The normalized spacial score (nSPS) is 17.4. The number of ketones is 1. The van der Waals surface area contributed by atoms with Crippen molar-refractivity contribution in [2.24, 2.45) is 0 Å². The summed E-state index contributed by atoms with van der Waals surface area (Å²) in [7, 11) is 1.53. The second kappa shape index (κ2) is 9.24. The molecule has 1 aliphatic rings. The first-order chi connectivity index (χ1) is 17.3. The van der Waals surface area contributed by atoms with Crippen molar-refractivity contribution in [3.8, 4) is 5.75 Å². The van der Waals surface area contributed by atoms with E-state index >= 15 is 0 Å². The van der Waals surface area contributed by atoms with Gasteiger partial charge in [0.15, 0.2) is 5.13 Å². The van der Waals surface area contributed by atoms with Crippen LogP contribution in [0.1, 0.15) is 48.1 Å². The molecule has 0 spiro atoms. The van der Waals surface area contributed by atoms with E-state index < -0.39 is 17.7 Å². The van der Waals surface area contributed by atoms with Gasteiger partial charge in [0, 0.05) is 5.56 Å². The molecule has 3 aromatic carbocycles. The summed E-state index contributed by atoms with van der Waals surface area (Å²) in [6, 6.07) is 19.7. The third-order valence-electron chi connectivity index (χ3n) is 6.45. The van der Waals surface area contributed by atoms with Gasteiger partial charge in [-0.15, -0.1) is 0 Å². The quantitative estimate of drug-likeness (QED) is 0.197. The van der Waals surface area contributed by atoms with Gasteiger partial charge in [-0.1, -0.05) is 67.6 Å². The number of Topliss-reactive ketones (excluding diaryl/α,β-unsaturated/α-hetero) is 1. The van der Waals surface area contributed by atoms with Crippen LogP contribution in [-0.2, 0) is 9.59 Å². The molecule has 36 heavy (non-hydrogen) atoms. The summed E-state index contributed by atoms with van der Waals surface area (Å²) in [5, 5.41) is 11.8. The number of ether oxygens (including phenoxy) is 1. The Morgan fingerprint density at radius 1 is 1.06 bits per heavy atom. The van der Waals surface area contributed by atoms with E-state index in [1.807, 2.05) is 49.4 Å². The molecule has 0 unspecified atom stereocenters. The minimum Gasteiger partial charge on any atom is -0.507 e. The molecule has 7 heteroatoms. The number of hydrogen-bond acceptors (Lipinski definition) is 6. The molecular weight excluding hydrogens is 472 g/mol. The highest BCUT2D eigenvalue weighted by atomic mass is 32.1. The molecule has 6 nitrogen and oxygen atoms in total. The molecule has 1 fully saturated rings. The number of aliphatic hydroxyl groups excluding tert-OH is 1. The standard InChI is InChI=1S/C29H26N2O4S/c1-16(2)18-9-11-19(12-10-18)25-24(26(32)20-6-5-7-21(15-20)35-4)27(33)28(34)31(25)29-30-22-13-8-17(3)14-23(22)36-29/h5-16,25,32H,1-4H3/t25-/m1/s1. The van der Waals surface area contributed by atoms with Crippen LogP contribution in [0.4, 0.5) is 5.13 Å². The Balaban J connectivity index is 1.72. The van der Waals surface area contributed by atoms with Crippen molar-refractivity contribution in [2.45, 2.75) is 32.7 Å². The third-order valence-corrected chi connectivity index (χ3v) is 7.46. The van der Waals surface area contributed by atoms with Crippen molar-refractivity contribution in [3.05, 3.63) is 94.6 Å². The second-order valence-electron chi connectivity index (χ2n) is 9.19. The third kappa shape index (κ3) is 4.05. The van der Waals surface area contributed by atoms with Crippen LogP contribution in [0.2, 0.25) is 0 Å². The lowest BCUT2D eigenvalue weighted by molar-refractivity contribution is -0.132. The lowest BCUT2D eigenvalue weighted by atomic mass is 9.93. The topological polar surface area (TPSA) is 79.7 Å². The summed E-state index contributed by atoms with van der Waals surface area (Å²) < 4.78 is 6.22. The number of fused-ring (bicyclic) bond motifs is 1. The molecule has 0 bridgehead atoms. The summed E-state index contributed by atoms with van der Waals surface area (Å²) in [5.74, 6) is -0.844. The molecule has 0 radical (unpaired) electrons. The highest BCUT2D eigenvalue weighted by Gasteiger charge is 2.48. The maximum absolute atomic E-state index is 13.5. The summed E-state index contributed by atoms with van der Waals surface area (Å²) >= 11 is 1.35. The zero-order chi connectivity index (χ0) is 25.6. The molecule has 1 saturated heterocycles. The number of aliphatic hydroxyl groups is 1. The number of methoxy groups -OCH3 is 1. The number of carbonyl (C=O) groups is 2.